The minimum atomic E-state index is -1.58. The van der Waals surface area contributed by atoms with Gasteiger partial charge in [-0.3, -0.25) is 38.6 Å². The molecule has 1 aliphatic heterocycles. The fraction of sp³-hybridized carbons (Fsp3) is 0.562. The molecule has 0 aromatic heterocycles. The van der Waals surface area contributed by atoms with E-state index >= 15 is 0 Å². The molecule has 6 amide bonds. The zero-order valence-electron chi connectivity index (χ0n) is 28.4. The van der Waals surface area contributed by atoms with E-state index in [1.807, 2.05) is 13.8 Å². The van der Waals surface area contributed by atoms with E-state index in [-0.39, 0.29) is 44.1 Å². The fourth-order valence-corrected chi connectivity index (χ4v) is 5.42. The molecular formula is C32H49N9O8S. The van der Waals surface area contributed by atoms with Crippen LogP contribution >= 0.6 is 11.8 Å². The number of aliphatic imine (C=N–C) groups is 1. The Morgan fingerprint density at radius 2 is 1.46 bits per heavy atom. The molecule has 0 radical (unpaired) electrons. The van der Waals surface area contributed by atoms with Crippen LogP contribution in [0.25, 0.3) is 0 Å². The lowest BCUT2D eigenvalue weighted by Gasteiger charge is -2.26. The molecule has 276 valence electrons. The number of rotatable bonds is 16. The van der Waals surface area contributed by atoms with Gasteiger partial charge in [0.25, 0.3) is 0 Å². The summed E-state index contributed by atoms with van der Waals surface area (Å²) in [7, 11) is 0. The molecule has 2 rings (SSSR count). The van der Waals surface area contributed by atoms with E-state index in [1.165, 1.54) is 11.8 Å². The Balaban J connectivity index is 2.37. The van der Waals surface area contributed by atoms with E-state index < -0.39 is 72.6 Å². The summed E-state index contributed by atoms with van der Waals surface area (Å²) in [4.78, 5) is 94.3. The largest absolute Gasteiger partial charge is 0.481 e. The van der Waals surface area contributed by atoms with Crippen LogP contribution in [-0.2, 0) is 40.0 Å². The molecule has 1 heterocycles. The van der Waals surface area contributed by atoms with Gasteiger partial charge >= 0.3 is 5.97 Å². The number of thioether (sulfide) groups is 1. The van der Waals surface area contributed by atoms with Gasteiger partial charge in [0.2, 0.25) is 35.4 Å². The zero-order chi connectivity index (χ0) is 37.1. The van der Waals surface area contributed by atoms with Crippen LogP contribution in [0.1, 0.15) is 57.9 Å². The standard InChI is InChI=1S/C32H49N9O8S/c1-19(2)50-18-26(43)35-13-7-6-11-22-29(47)39-21(12-8-14-36-32(33)34)28(46)37-17-25(42)38-24(16-27(44)45)31(49)41-23(30(48)40-22)15-20-9-4-3-5-10-20/h3-5,9-10,19,21-24H,6-8,11-18H2,1-2H3,(H,35,43)(H,37,46)(H,38,42)(H,39,47)(H,40,48)(H,41,49)(H,44,45)(H4,33,34,36)/t21-,22-,23+,24-/m0/s1. The summed E-state index contributed by atoms with van der Waals surface area (Å²) < 4.78 is 0. The number of carbonyl (C=O) groups is 7. The number of amides is 6. The number of carbonyl (C=O) groups excluding carboxylic acids is 6. The Labute approximate surface area is 295 Å². The molecule has 4 atom stereocenters. The number of nitrogens with zero attached hydrogens (tertiary/aromatic N) is 1. The molecular weight excluding hydrogens is 670 g/mol. The Morgan fingerprint density at radius 1 is 0.860 bits per heavy atom. The van der Waals surface area contributed by atoms with Gasteiger partial charge in [0.1, 0.15) is 24.2 Å². The second kappa shape index (κ2) is 22.0. The molecule has 0 spiro atoms. The minimum absolute atomic E-state index is 0.0195. The first kappa shape index (κ1) is 41.3. The predicted molar refractivity (Wildman–Crippen MR) is 187 cm³/mol. The van der Waals surface area contributed by atoms with Crippen molar-refractivity contribution in [1.82, 2.24) is 31.9 Å². The SMILES string of the molecule is CC(C)SCC(=O)NCCCC[C@@H]1NC(=O)[C@@H](Cc2ccccc2)NC(=O)[C@H](CC(=O)O)NC(=O)CNC(=O)[C@H](CCCN=C(N)N)NC1=O. The molecule has 11 N–H and O–H groups in total. The topological polar surface area (TPSA) is 276 Å². The molecule has 0 aliphatic carbocycles. The van der Waals surface area contributed by atoms with Gasteiger partial charge in [-0.15, -0.1) is 11.8 Å². The number of hydrogen-bond acceptors (Lipinski definition) is 9. The van der Waals surface area contributed by atoms with Gasteiger partial charge in [-0.05, 0) is 42.9 Å². The third-order valence-electron chi connectivity index (χ3n) is 7.37. The van der Waals surface area contributed by atoms with Gasteiger partial charge in [0.05, 0.1) is 18.7 Å². The predicted octanol–water partition coefficient (Wildman–Crippen LogP) is -1.75. The number of benzene rings is 1. The Morgan fingerprint density at radius 3 is 2.10 bits per heavy atom. The van der Waals surface area contributed by atoms with Crippen LogP contribution in [0, 0.1) is 0 Å². The lowest BCUT2D eigenvalue weighted by molar-refractivity contribution is -0.141. The van der Waals surface area contributed by atoms with Crippen molar-refractivity contribution in [3.05, 3.63) is 35.9 Å². The van der Waals surface area contributed by atoms with Gasteiger partial charge in [0, 0.05) is 19.5 Å². The first-order valence-corrected chi connectivity index (χ1v) is 17.5. The number of unbranched alkanes of at least 4 members (excludes halogenated alkanes) is 1. The van der Waals surface area contributed by atoms with Crippen LogP contribution in [0.15, 0.2) is 35.3 Å². The summed E-state index contributed by atoms with van der Waals surface area (Å²) in [6.45, 7) is 3.84. The first-order valence-electron chi connectivity index (χ1n) is 16.4. The van der Waals surface area contributed by atoms with Crippen molar-refractivity contribution in [2.45, 2.75) is 88.2 Å². The first-order chi connectivity index (χ1) is 23.7. The lowest BCUT2D eigenvalue weighted by atomic mass is 10.0. The van der Waals surface area contributed by atoms with E-state index in [0.717, 1.165) is 0 Å². The Hall–Kier alpha value is -4.87. The molecule has 1 aliphatic rings. The normalized spacial score (nSPS) is 20.6. The molecule has 1 aromatic carbocycles. The molecule has 1 aromatic rings. The highest BCUT2D eigenvalue weighted by Crippen LogP contribution is 2.10. The number of carboxylic acids is 1. The fourth-order valence-electron chi connectivity index (χ4n) is 4.83. The number of aliphatic carboxylic acids is 1. The molecule has 1 fully saturated rings. The van der Waals surface area contributed by atoms with Crippen molar-refractivity contribution < 1.29 is 38.7 Å². The zero-order valence-corrected chi connectivity index (χ0v) is 29.2. The van der Waals surface area contributed by atoms with E-state index in [0.29, 0.717) is 36.0 Å². The van der Waals surface area contributed by atoms with Gasteiger partial charge < -0.3 is 48.5 Å². The molecule has 50 heavy (non-hydrogen) atoms. The average Bonchev–Trinajstić information content (AvgIpc) is 3.05. The van der Waals surface area contributed by atoms with Gasteiger partial charge in [-0.2, -0.15) is 0 Å². The smallest absolute Gasteiger partial charge is 0.305 e. The van der Waals surface area contributed by atoms with Crippen molar-refractivity contribution in [2.24, 2.45) is 16.5 Å². The quantitative estimate of drug-likeness (QED) is 0.0525. The average molecular weight is 720 g/mol. The van der Waals surface area contributed by atoms with Crippen molar-refractivity contribution in [3.63, 3.8) is 0 Å². The monoisotopic (exact) mass is 719 g/mol. The third kappa shape index (κ3) is 16.5. The highest BCUT2D eigenvalue weighted by molar-refractivity contribution is 8.00. The van der Waals surface area contributed by atoms with Crippen LogP contribution in [-0.4, -0.2) is 107 Å². The highest BCUT2D eigenvalue weighted by Gasteiger charge is 2.33. The number of nitrogens with one attached hydrogen (secondary N) is 6. The number of nitrogens with two attached hydrogens (primary N) is 2. The molecule has 18 heteroatoms. The third-order valence-corrected chi connectivity index (χ3v) is 8.47. The maximum Gasteiger partial charge on any atom is 0.305 e. The molecule has 0 bridgehead atoms. The van der Waals surface area contributed by atoms with Crippen LogP contribution in [0.3, 0.4) is 0 Å². The summed E-state index contributed by atoms with van der Waals surface area (Å²) in [5.74, 6) is -5.32. The van der Waals surface area contributed by atoms with Crippen molar-refractivity contribution in [3.8, 4) is 0 Å². The second-order valence-electron chi connectivity index (χ2n) is 12.0. The van der Waals surface area contributed by atoms with Crippen LogP contribution in [0.4, 0.5) is 0 Å². The summed E-state index contributed by atoms with van der Waals surface area (Å²) >= 11 is 1.51. The van der Waals surface area contributed by atoms with Gasteiger partial charge in [-0.25, -0.2) is 0 Å². The number of guanidine groups is 1. The van der Waals surface area contributed by atoms with E-state index in [2.05, 4.69) is 36.9 Å². The minimum Gasteiger partial charge on any atom is -0.481 e. The highest BCUT2D eigenvalue weighted by atomic mass is 32.2. The summed E-state index contributed by atoms with van der Waals surface area (Å²) in [5.41, 5.74) is 11.4. The number of carboxylic acid groups (broad SMARTS) is 1. The summed E-state index contributed by atoms with van der Waals surface area (Å²) in [6.07, 6.45) is 0.510. The van der Waals surface area contributed by atoms with Gasteiger partial charge in [0.15, 0.2) is 5.96 Å². The van der Waals surface area contributed by atoms with E-state index in [4.69, 9.17) is 11.5 Å². The maximum atomic E-state index is 13.8. The molecule has 17 nitrogen and oxygen atoms in total. The number of hydrogen-bond donors (Lipinski definition) is 9. The summed E-state index contributed by atoms with van der Waals surface area (Å²) in [6, 6.07) is 3.53. The molecule has 0 saturated carbocycles. The Kier molecular flexibility index (Phi) is 18.1. The molecule has 1 saturated heterocycles. The van der Waals surface area contributed by atoms with E-state index in [9.17, 15) is 38.7 Å². The van der Waals surface area contributed by atoms with Gasteiger partial charge in [-0.1, -0.05) is 44.2 Å². The lowest BCUT2D eigenvalue weighted by Crippen LogP contribution is -2.58. The Bertz CT molecular complexity index is 1360. The molecule has 0 unspecified atom stereocenters. The van der Waals surface area contributed by atoms with Crippen molar-refractivity contribution in [2.75, 3.05) is 25.4 Å². The summed E-state index contributed by atoms with van der Waals surface area (Å²) in [5, 5.41) is 25.2. The van der Waals surface area contributed by atoms with E-state index in [1.54, 1.807) is 30.3 Å². The van der Waals surface area contributed by atoms with Crippen LogP contribution < -0.4 is 43.4 Å². The van der Waals surface area contributed by atoms with Crippen molar-refractivity contribution >= 4 is 59.1 Å². The van der Waals surface area contributed by atoms with Crippen molar-refractivity contribution in [1.29, 1.82) is 0 Å². The second-order valence-corrected chi connectivity index (χ2v) is 13.5. The van der Waals surface area contributed by atoms with Crippen LogP contribution in [0.2, 0.25) is 0 Å². The maximum absolute atomic E-state index is 13.8. The van der Waals surface area contributed by atoms with Crippen LogP contribution in [0.5, 0.6) is 0 Å².